The molecule has 0 saturated carbocycles. The van der Waals surface area contributed by atoms with Gasteiger partial charge in [0.2, 0.25) is 0 Å². The number of pyridine rings is 2. The van der Waals surface area contributed by atoms with E-state index in [1.54, 1.807) is 52.0 Å². The van der Waals surface area contributed by atoms with Crippen molar-refractivity contribution in [3.8, 4) is 22.3 Å². The van der Waals surface area contributed by atoms with Crippen LogP contribution in [0.4, 0.5) is 0 Å². The Morgan fingerprint density at radius 2 is 1.18 bits per heavy atom. The largest absolute Gasteiger partial charge is 0.462 e. The van der Waals surface area contributed by atoms with Crippen LogP contribution in [0.15, 0.2) is 59.7 Å². The summed E-state index contributed by atoms with van der Waals surface area (Å²) < 4.78 is 13.3. The summed E-state index contributed by atoms with van der Waals surface area (Å²) in [7, 11) is 0. The van der Waals surface area contributed by atoms with Crippen LogP contribution in [-0.4, -0.2) is 49.5 Å². The molecule has 2 aromatic carbocycles. The molecule has 10 nitrogen and oxygen atoms in total. The third-order valence-corrected chi connectivity index (χ3v) is 11.2. The van der Waals surface area contributed by atoms with Crippen LogP contribution in [0, 0.1) is 13.8 Å². The van der Waals surface area contributed by atoms with Crippen molar-refractivity contribution in [3.05, 3.63) is 97.8 Å². The second-order valence-electron chi connectivity index (χ2n) is 11.6. The van der Waals surface area contributed by atoms with Crippen molar-refractivity contribution in [3.63, 3.8) is 0 Å². The Morgan fingerprint density at radius 1 is 0.706 bits per heavy atom. The Balaban J connectivity index is 1.52. The number of hydrogen-bond acceptors (Lipinski definition) is 11. The highest BCUT2D eigenvalue weighted by Crippen LogP contribution is 2.44. The maximum atomic E-state index is 14.3. The standard InChI is InChI=1S/C37H25Cl2N5O5S2/c1-5-48-36(46)22-16(3)41-33-26(24(22)18-7-11-20(38)12-8-18)28-30(50-33)32-43-29-27-25(19-9-13-21(39)14-10-19)23(37(47)49-6-2)17(4)42-34(27)51-31(29)35(45)44(32)15-40-28/h7-15H,5-6H2,1-4H3. The topological polar surface area (TPSA) is 126 Å². The highest BCUT2D eigenvalue weighted by molar-refractivity contribution is 7.26. The molecule has 6 heterocycles. The molecule has 0 amide bonds. The molecule has 51 heavy (non-hydrogen) atoms. The van der Waals surface area contributed by atoms with Crippen LogP contribution in [0.3, 0.4) is 0 Å². The molecule has 0 aliphatic rings. The first-order valence-corrected chi connectivity index (χ1v) is 18.3. The monoisotopic (exact) mass is 753 g/mol. The van der Waals surface area contributed by atoms with E-state index in [1.807, 2.05) is 24.3 Å². The number of rotatable bonds is 6. The molecule has 0 unspecified atom stereocenters. The van der Waals surface area contributed by atoms with E-state index in [0.717, 1.165) is 5.56 Å². The quantitative estimate of drug-likeness (QED) is 0.153. The third kappa shape index (κ3) is 5.24. The number of aromatic nitrogens is 5. The van der Waals surface area contributed by atoms with Crippen LogP contribution < -0.4 is 5.56 Å². The average Bonchev–Trinajstić information content (AvgIpc) is 3.66. The van der Waals surface area contributed by atoms with E-state index >= 15 is 0 Å². The maximum absolute atomic E-state index is 14.3. The molecule has 8 aromatic rings. The number of benzene rings is 2. The summed E-state index contributed by atoms with van der Waals surface area (Å²) in [5.41, 5.74) is 5.04. The Hall–Kier alpha value is -5.01. The number of halogens is 2. The lowest BCUT2D eigenvalue weighted by molar-refractivity contribution is 0.0516. The minimum absolute atomic E-state index is 0.172. The second kappa shape index (κ2) is 12.6. The molecule has 254 valence electrons. The minimum atomic E-state index is -0.532. The lowest BCUT2D eigenvalue weighted by Gasteiger charge is -2.14. The molecule has 0 fully saturated rings. The lowest BCUT2D eigenvalue weighted by Crippen LogP contribution is -2.14. The highest BCUT2D eigenvalue weighted by Gasteiger charge is 2.29. The lowest BCUT2D eigenvalue weighted by atomic mass is 9.95. The Kier molecular flexibility index (Phi) is 8.22. The van der Waals surface area contributed by atoms with E-state index in [1.165, 1.54) is 33.4 Å². The predicted octanol–water partition coefficient (Wildman–Crippen LogP) is 9.23. The zero-order valence-electron chi connectivity index (χ0n) is 27.5. The van der Waals surface area contributed by atoms with Crippen molar-refractivity contribution >= 4 is 104 Å². The maximum Gasteiger partial charge on any atom is 0.340 e. The van der Waals surface area contributed by atoms with Gasteiger partial charge in [-0.2, -0.15) is 0 Å². The van der Waals surface area contributed by atoms with E-state index in [2.05, 4.69) is 0 Å². The summed E-state index contributed by atoms with van der Waals surface area (Å²) in [6.45, 7) is 7.35. The van der Waals surface area contributed by atoms with Crippen LogP contribution in [0.1, 0.15) is 46.0 Å². The number of carbonyl (C=O) groups excluding carboxylic acids is 2. The molecule has 0 saturated heterocycles. The molecule has 6 aromatic heterocycles. The number of aryl methyl sites for hydroxylation is 2. The van der Waals surface area contributed by atoms with Crippen LogP contribution in [0.5, 0.6) is 0 Å². The number of ether oxygens (including phenoxy) is 2. The van der Waals surface area contributed by atoms with E-state index in [4.69, 9.17) is 52.6 Å². The van der Waals surface area contributed by atoms with Gasteiger partial charge < -0.3 is 9.47 Å². The molecule has 0 aliphatic carbocycles. The zero-order chi connectivity index (χ0) is 35.7. The van der Waals surface area contributed by atoms with Gasteiger partial charge in [0.25, 0.3) is 5.56 Å². The number of carbonyl (C=O) groups is 2. The first kappa shape index (κ1) is 33.2. The Labute approximate surface area is 307 Å². The van der Waals surface area contributed by atoms with E-state index in [0.29, 0.717) is 90.2 Å². The molecule has 0 spiro atoms. The number of fused-ring (bicyclic) bond motifs is 8. The number of nitrogens with zero attached hydrogens (tertiary/aromatic N) is 5. The molecule has 0 atom stereocenters. The van der Waals surface area contributed by atoms with E-state index < -0.39 is 11.9 Å². The van der Waals surface area contributed by atoms with Gasteiger partial charge in [0.05, 0.1) is 51.5 Å². The van der Waals surface area contributed by atoms with Crippen molar-refractivity contribution in [1.29, 1.82) is 0 Å². The summed E-state index contributed by atoms with van der Waals surface area (Å²) in [5.74, 6) is -1.04. The van der Waals surface area contributed by atoms with Crippen LogP contribution >= 0.6 is 45.9 Å². The van der Waals surface area contributed by atoms with Gasteiger partial charge >= 0.3 is 11.9 Å². The molecule has 0 bridgehead atoms. The number of thiophene rings is 2. The van der Waals surface area contributed by atoms with Gasteiger partial charge in [-0.05, 0) is 63.1 Å². The van der Waals surface area contributed by atoms with Gasteiger partial charge in [-0.3, -0.25) is 4.79 Å². The van der Waals surface area contributed by atoms with Crippen molar-refractivity contribution in [2.24, 2.45) is 0 Å². The average molecular weight is 755 g/mol. The first-order valence-electron chi connectivity index (χ1n) is 15.9. The molecule has 8 rings (SSSR count). The fourth-order valence-electron chi connectivity index (χ4n) is 6.45. The Morgan fingerprint density at radius 3 is 1.67 bits per heavy atom. The van der Waals surface area contributed by atoms with Crippen molar-refractivity contribution in [2.45, 2.75) is 27.7 Å². The van der Waals surface area contributed by atoms with E-state index in [9.17, 15) is 14.4 Å². The van der Waals surface area contributed by atoms with E-state index in [-0.39, 0.29) is 24.3 Å². The normalized spacial score (nSPS) is 11.7. The summed E-state index contributed by atoms with van der Waals surface area (Å²) in [5, 5.41) is 2.25. The van der Waals surface area contributed by atoms with Gasteiger partial charge in [0.1, 0.15) is 20.7 Å². The summed E-state index contributed by atoms with van der Waals surface area (Å²) in [4.78, 5) is 61.9. The molecule has 0 N–H and O–H groups in total. The van der Waals surface area contributed by atoms with Crippen LogP contribution in [0.25, 0.3) is 68.8 Å². The molecular weight excluding hydrogens is 729 g/mol. The summed E-state index contributed by atoms with van der Waals surface area (Å²) in [6, 6.07) is 14.3. The van der Waals surface area contributed by atoms with Crippen molar-refractivity contribution in [1.82, 2.24) is 24.3 Å². The molecule has 0 radical (unpaired) electrons. The molecular formula is C37H25Cl2N5O5S2. The fourth-order valence-corrected chi connectivity index (χ4v) is 8.97. The zero-order valence-corrected chi connectivity index (χ0v) is 30.6. The first-order chi connectivity index (χ1) is 24.6. The molecule has 14 heteroatoms. The van der Waals surface area contributed by atoms with Gasteiger partial charge in [-0.1, -0.05) is 47.5 Å². The summed E-state index contributed by atoms with van der Waals surface area (Å²) in [6.07, 6.45) is 1.45. The summed E-state index contributed by atoms with van der Waals surface area (Å²) >= 11 is 15.0. The number of esters is 2. The van der Waals surface area contributed by atoms with Crippen molar-refractivity contribution in [2.75, 3.05) is 13.2 Å². The van der Waals surface area contributed by atoms with Crippen LogP contribution in [0.2, 0.25) is 10.0 Å². The highest BCUT2D eigenvalue weighted by atomic mass is 35.5. The van der Waals surface area contributed by atoms with Crippen molar-refractivity contribution < 1.29 is 19.1 Å². The van der Waals surface area contributed by atoms with Gasteiger partial charge in [-0.15, -0.1) is 22.7 Å². The van der Waals surface area contributed by atoms with Gasteiger partial charge in [0.15, 0.2) is 5.65 Å². The predicted molar refractivity (Wildman–Crippen MR) is 203 cm³/mol. The third-order valence-electron chi connectivity index (χ3n) is 8.58. The SMILES string of the molecule is CCOC(=O)c1c(C)nc2sc3c(=O)n4cnc5c(sc6nc(C)c(C(=O)OCC)c(-c7ccc(Cl)cc7)c65)c4nc3c2c1-c1ccc(Cl)cc1. The van der Waals surface area contributed by atoms with Gasteiger partial charge in [-0.25, -0.2) is 33.9 Å². The van der Waals surface area contributed by atoms with Gasteiger partial charge in [0, 0.05) is 31.9 Å². The Bertz CT molecular complexity index is 2830. The van der Waals surface area contributed by atoms with Crippen LogP contribution in [-0.2, 0) is 9.47 Å². The minimum Gasteiger partial charge on any atom is -0.462 e. The fraction of sp³-hybridized carbons (Fsp3) is 0.162. The second-order valence-corrected chi connectivity index (χ2v) is 14.5. The molecule has 0 aliphatic heterocycles. The number of hydrogen-bond donors (Lipinski definition) is 0. The smallest absolute Gasteiger partial charge is 0.340 e.